The van der Waals surface area contributed by atoms with Crippen LogP contribution in [0.3, 0.4) is 0 Å². The van der Waals surface area contributed by atoms with Crippen LogP contribution in [0.1, 0.15) is 33.0 Å². The van der Waals surface area contributed by atoms with Crippen LogP contribution in [0, 0.1) is 0 Å². The lowest BCUT2D eigenvalue weighted by Gasteiger charge is -2.36. The summed E-state index contributed by atoms with van der Waals surface area (Å²) >= 11 is 0. The topological polar surface area (TPSA) is 118 Å². The molecule has 1 aliphatic heterocycles. The summed E-state index contributed by atoms with van der Waals surface area (Å²) in [6.07, 6.45) is 2.22. The van der Waals surface area contributed by atoms with Gasteiger partial charge >= 0.3 is 0 Å². The first-order chi connectivity index (χ1) is 17.4. The lowest BCUT2D eigenvalue weighted by Crippen LogP contribution is -2.37. The van der Waals surface area contributed by atoms with Crippen molar-refractivity contribution in [3.63, 3.8) is 0 Å². The van der Waals surface area contributed by atoms with Crippen LogP contribution in [0.4, 0.5) is 0 Å². The van der Waals surface area contributed by atoms with E-state index in [1.54, 1.807) is 60.6 Å². The van der Waals surface area contributed by atoms with Gasteiger partial charge in [0.25, 0.3) is 0 Å². The van der Waals surface area contributed by atoms with Crippen molar-refractivity contribution in [3.05, 3.63) is 101 Å². The molecule has 37 heavy (non-hydrogen) atoms. The minimum atomic E-state index is -3.45. The number of sulfone groups is 2. The van der Waals surface area contributed by atoms with Crippen molar-refractivity contribution in [1.29, 1.82) is 0 Å². The van der Waals surface area contributed by atoms with Crippen molar-refractivity contribution in [1.82, 2.24) is 5.01 Å². The maximum absolute atomic E-state index is 13.6. The van der Waals surface area contributed by atoms with E-state index in [0.29, 0.717) is 33.7 Å². The van der Waals surface area contributed by atoms with Gasteiger partial charge in [0.2, 0.25) is 11.6 Å². The summed E-state index contributed by atoms with van der Waals surface area (Å²) < 4.78 is 48.0. The molecule has 3 aromatic carbocycles. The first-order valence-corrected chi connectivity index (χ1v) is 15.0. The second-order valence-electron chi connectivity index (χ2n) is 9.05. The molecule has 0 N–H and O–H groups in total. The Hall–Kier alpha value is -3.89. The molecule has 1 unspecified atom stereocenters. The Bertz CT molecular complexity index is 1750. The molecule has 0 saturated carbocycles. The summed E-state index contributed by atoms with van der Waals surface area (Å²) in [5, 5.41) is 6.33. The van der Waals surface area contributed by atoms with Crippen LogP contribution in [0.2, 0.25) is 0 Å². The van der Waals surface area contributed by atoms with Crippen molar-refractivity contribution in [3.8, 4) is 0 Å². The molecule has 0 radical (unpaired) electrons. The minimum absolute atomic E-state index is 0.116. The molecule has 0 bridgehead atoms. The van der Waals surface area contributed by atoms with Gasteiger partial charge in [0, 0.05) is 36.3 Å². The molecule has 0 aromatic heterocycles. The summed E-state index contributed by atoms with van der Waals surface area (Å²) in [5.41, 5.74) is 3.15. The van der Waals surface area contributed by atoms with E-state index in [0.717, 1.165) is 12.5 Å². The van der Waals surface area contributed by atoms with E-state index >= 15 is 0 Å². The van der Waals surface area contributed by atoms with Gasteiger partial charge in [-0.15, -0.1) is 0 Å². The van der Waals surface area contributed by atoms with E-state index in [9.17, 15) is 26.4 Å². The highest BCUT2D eigenvalue weighted by Crippen LogP contribution is 2.43. The lowest BCUT2D eigenvalue weighted by molar-refractivity contribution is -0.112. The quantitative estimate of drug-likeness (QED) is 0.472. The molecule has 0 saturated heterocycles. The third kappa shape index (κ3) is 4.21. The molecule has 10 heteroatoms. The zero-order chi connectivity index (χ0) is 26.7. The molecule has 5 rings (SSSR count). The largest absolute Gasteiger partial charge is 0.285 e. The van der Waals surface area contributed by atoms with Crippen LogP contribution >= 0.6 is 0 Å². The van der Waals surface area contributed by atoms with Crippen LogP contribution in [0.25, 0.3) is 5.70 Å². The van der Waals surface area contributed by atoms with Gasteiger partial charge in [0.05, 0.1) is 27.1 Å². The van der Waals surface area contributed by atoms with Gasteiger partial charge in [-0.05, 0) is 35.4 Å². The molecule has 1 heterocycles. The van der Waals surface area contributed by atoms with Gasteiger partial charge in [0.15, 0.2) is 19.7 Å². The second-order valence-corrected chi connectivity index (χ2v) is 13.1. The Kier molecular flexibility index (Phi) is 5.76. The second kappa shape index (κ2) is 8.60. The number of Topliss-reactive ketones (excluding diaryl/α,β-unsaturated/α-hetero) is 2. The van der Waals surface area contributed by atoms with E-state index in [4.69, 9.17) is 5.10 Å². The zero-order valence-corrected chi connectivity index (χ0v) is 21.8. The SMILES string of the molecule is CN1N=C(c2ccc(S(C)(=O)=O)cc2)C(c2ccc(S(C)(=O)=O)cc2)C2=C1c1ccccc1C(=O)C2=O. The maximum Gasteiger partial charge on any atom is 0.233 e. The molecule has 1 aliphatic carbocycles. The zero-order valence-electron chi connectivity index (χ0n) is 20.2. The molecule has 8 nitrogen and oxygen atoms in total. The Labute approximate surface area is 214 Å². The molecule has 188 valence electrons. The van der Waals surface area contributed by atoms with Crippen LogP contribution in [0.15, 0.2) is 93.3 Å². The number of carbonyl (C=O) groups is 2. The average molecular weight is 535 g/mol. The normalized spacial score (nSPS) is 17.9. The van der Waals surface area contributed by atoms with E-state index in [1.807, 2.05) is 0 Å². The van der Waals surface area contributed by atoms with E-state index in [1.165, 1.54) is 24.3 Å². The smallest absolute Gasteiger partial charge is 0.233 e. The average Bonchev–Trinajstić information content (AvgIpc) is 2.86. The Balaban J connectivity index is 1.75. The molecule has 0 fully saturated rings. The fraction of sp³-hybridized carbons (Fsp3) is 0.148. The van der Waals surface area contributed by atoms with Gasteiger partial charge in [-0.1, -0.05) is 48.5 Å². The molecule has 3 aromatic rings. The summed E-state index contributed by atoms with van der Waals surface area (Å²) in [7, 11) is -5.20. The van der Waals surface area contributed by atoms with Crippen LogP contribution in [0.5, 0.6) is 0 Å². The standard InChI is InChI=1S/C27H22N2O6S2/c1-29-25-20-6-4-5-7-21(20)26(30)27(31)23(25)22(16-8-12-18(13-9-16)36(2,32)33)24(28-29)17-10-14-19(15-11-17)37(3,34)35/h4-15,22H,1-3H3. The predicted molar refractivity (Wildman–Crippen MR) is 139 cm³/mol. The van der Waals surface area contributed by atoms with E-state index < -0.39 is 37.2 Å². The van der Waals surface area contributed by atoms with Crippen molar-refractivity contribution in [2.45, 2.75) is 15.7 Å². The van der Waals surface area contributed by atoms with Crippen molar-refractivity contribution < 1.29 is 26.4 Å². The van der Waals surface area contributed by atoms with Gasteiger partial charge in [-0.25, -0.2) is 16.8 Å². The van der Waals surface area contributed by atoms with Gasteiger partial charge in [-0.3, -0.25) is 14.6 Å². The highest BCUT2D eigenvalue weighted by Gasteiger charge is 2.43. The number of nitrogens with zero attached hydrogens (tertiary/aromatic N) is 2. The summed E-state index contributed by atoms with van der Waals surface area (Å²) in [5.74, 6) is -2.10. The molecular weight excluding hydrogens is 512 g/mol. The van der Waals surface area contributed by atoms with Crippen LogP contribution in [-0.2, 0) is 24.5 Å². The minimum Gasteiger partial charge on any atom is -0.285 e. The maximum atomic E-state index is 13.6. The molecular formula is C27H22N2O6S2. The lowest BCUT2D eigenvalue weighted by atomic mass is 9.74. The number of carbonyl (C=O) groups excluding carboxylic acids is 2. The first-order valence-electron chi connectivity index (χ1n) is 11.2. The van der Waals surface area contributed by atoms with E-state index in [2.05, 4.69) is 0 Å². The van der Waals surface area contributed by atoms with Crippen LogP contribution in [-0.4, -0.2) is 58.7 Å². The first kappa shape index (κ1) is 24.8. The number of hydrogen-bond acceptors (Lipinski definition) is 8. The van der Waals surface area contributed by atoms with Gasteiger partial charge in [0.1, 0.15) is 0 Å². The summed E-state index contributed by atoms with van der Waals surface area (Å²) in [4.78, 5) is 27.0. The molecule has 2 aliphatic rings. The fourth-order valence-electron chi connectivity index (χ4n) is 4.74. The number of benzene rings is 3. The third-order valence-electron chi connectivity index (χ3n) is 6.50. The Morgan fingerprint density at radius 1 is 0.703 bits per heavy atom. The van der Waals surface area contributed by atoms with Gasteiger partial charge in [-0.2, -0.15) is 5.10 Å². The number of hydrogen-bond donors (Lipinski definition) is 0. The van der Waals surface area contributed by atoms with Crippen molar-refractivity contribution >= 4 is 42.6 Å². The number of rotatable bonds is 4. The molecule has 0 spiro atoms. The predicted octanol–water partition coefficient (Wildman–Crippen LogP) is 3.10. The Morgan fingerprint density at radius 3 is 1.76 bits per heavy atom. The van der Waals surface area contributed by atoms with Crippen molar-refractivity contribution in [2.75, 3.05) is 19.6 Å². The van der Waals surface area contributed by atoms with Crippen LogP contribution < -0.4 is 0 Å². The Morgan fingerprint density at radius 2 is 1.22 bits per heavy atom. The fourth-order valence-corrected chi connectivity index (χ4v) is 6.00. The summed E-state index contributed by atoms with van der Waals surface area (Å²) in [6.45, 7) is 0. The molecule has 1 atom stereocenters. The number of fused-ring (bicyclic) bond motifs is 2. The monoisotopic (exact) mass is 534 g/mol. The number of ketones is 2. The third-order valence-corrected chi connectivity index (χ3v) is 8.75. The highest BCUT2D eigenvalue weighted by molar-refractivity contribution is 7.91. The molecule has 0 amide bonds. The summed E-state index contributed by atoms with van der Waals surface area (Å²) in [6, 6.07) is 19.1. The number of hydrazone groups is 1. The number of allylic oxidation sites excluding steroid dienone is 1. The van der Waals surface area contributed by atoms with Gasteiger partial charge < -0.3 is 0 Å². The van der Waals surface area contributed by atoms with E-state index in [-0.39, 0.29) is 15.4 Å². The van der Waals surface area contributed by atoms with Crippen molar-refractivity contribution in [2.24, 2.45) is 5.10 Å². The highest BCUT2D eigenvalue weighted by atomic mass is 32.2.